The second-order valence-corrected chi connectivity index (χ2v) is 7.72. The molecule has 0 bridgehead atoms. The van der Waals surface area contributed by atoms with Crippen LogP contribution in [-0.4, -0.2) is 42.9 Å². The van der Waals surface area contributed by atoms with E-state index in [0.29, 0.717) is 0 Å². The van der Waals surface area contributed by atoms with E-state index in [2.05, 4.69) is 74.2 Å². The van der Waals surface area contributed by atoms with Crippen molar-refractivity contribution in [3.63, 3.8) is 0 Å². The minimum atomic E-state index is -0.923. The zero-order valence-electron chi connectivity index (χ0n) is 16.2. The molecule has 1 N–H and O–H groups in total. The highest BCUT2D eigenvalue weighted by molar-refractivity contribution is 5.34. The van der Waals surface area contributed by atoms with Crippen molar-refractivity contribution in [3.8, 4) is 0 Å². The smallest absolute Gasteiger partial charge is 0.0999 e. The predicted octanol–water partition coefficient (Wildman–Crippen LogP) is 3.95. The fourth-order valence-electron chi connectivity index (χ4n) is 3.98. The Morgan fingerprint density at radius 3 is 2.19 bits per heavy atom. The van der Waals surface area contributed by atoms with Gasteiger partial charge in [0.15, 0.2) is 0 Å². The zero-order valence-corrected chi connectivity index (χ0v) is 16.2. The number of aryl methyl sites for hydroxylation is 1. The largest absolute Gasteiger partial charge is 0.384 e. The van der Waals surface area contributed by atoms with Gasteiger partial charge in [0.25, 0.3) is 0 Å². The van der Waals surface area contributed by atoms with Crippen LogP contribution < -0.4 is 0 Å². The Bertz CT molecular complexity index is 677. The minimum absolute atomic E-state index is 0.00417. The molecule has 2 aromatic rings. The predicted molar refractivity (Wildman–Crippen MR) is 106 cm³/mol. The van der Waals surface area contributed by atoms with Crippen molar-refractivity contribution in [2.45, 2.75) is 32.3 Å². The first-order chi connectivity index (χ1) is 12.5. The van der Waals surface area contributed by atoms with E-state index >= 15 is 0 Å². The van der Waals surface area contributed by atoms with E-state index in [1.165, 1.54) is 11.1 Å². The van der Waals surface area contributed by atoms with E-state index in [0.717, 1.165) is 38.4 Å². The van der Waals surface area contributed by atoms with Gasteiger partial charge in [0.05, 0.1) is 18.8 Å². The summed E-state index contributed by atoms with van der Waals surface area (Å²) < 4.78 is 5.51. The quantitative estimate of drug-likeness (QED) is 0.853. The van der Waals surface area contributed by atoms with Gasteiger partial charge in [-0.25, -0.2) is 0 Å². The van der Waals surface area contributed by atoms with E-state index in [1.807, 2.05) is 6.07 Å². The summed E-state index contributed by atoms with van der Waals surface area (Å²) in [4.78, 5) is 2.42. The molecule has 1 fully saturated rings. The van der Waals surface area contributed by atoms with Crippen LogP contribution >= 0.6 is 0 Å². The average Bonchev–Trinajstić information content (AvgIpc) is 2.67. The van der Waals surface area contributed by atoms with Crippen LogP contribution in [0, 0.1) is 12.8 Å². The van der Waals surface area contributed by atoms with Gasteiger partial charge in [-0.2, -0.15) is 0 Å². The van der Waals surface area contributed by atoms with Crippen molar-refractivity contribution in [3.05, 3.63) is 71.3 Å². The fourth-order valence-corrected chi connectivity index (χ4v) is 3.98. The number of hydrogen-bond acceptors (Lipinski definition) is 3. The molecule has 0 spiro atoms. The first-order valence-electron chi connectivity index (χ1n) is 9.66. The van der Waals surface area contributed by atoms with Crippen LogP contribution in [0.5, 0.6) is 0 Å². The average molecular weight is 354 g/mol. The molecule has 0 aliphatic carbocycles. The van der Waals surface area contributed by atoms with Crippen molar-refractivity contribution < 1.29 is 9.84 Å². The van der Waals surface area contributed by atoms with E-state index in [-0.39, 0.29) is 11.8 Å². The van der Waals surface area contributed by atoms with Gasteiger partial charge in [0, 0.05) is 25.6 Å². The van der Waals surface area contributed by atoms with E-state index in [4.69, 9.17) is 4.74 Å². The van der Waals surface area contributed by atoms with Gasteiger partial charge >= 0.3 is 0 Å². The van der Waals surface area contributed by atoms with Crippen molar-refractivity contribution in [1.82, 2.24) is 4.90 Å². The number of nitrogens with zero attached hydrogens (tertiary/aromatic N) is 1. The molecule has 2 unspecified atom stereocenters. The second kappa shape index (κ2) is 8.34. The molecular formula is C23H31NO2. The molecule has 0 amide bonds. The molecule has 1 saturated heterocycles. The molecule has 2 aromatic carbocycles. The standard InChI is InChI=1S/C23H31NO2/c1-18(2)23(25,21-11-9-19(3)10-12-21)22(20-7-5-4-6-8-20)17-24-13-15-26-16-14-24/h4-12,18,22,25H,13-17H2,1-3H3. The van der Waals surface area contributed by atoms with Gasteiger partial charge in [0.2, 0.25) is 0 Å². The number of aliphatic hydroxyl groups is 1. The van der Waals surface area contributed by atoms with Crippen LogP contribution in [0.15, 0.2) is 54.6 Å². The minimum Gasteiger partial charge on any atom is -0.384 e. The summed E-state index contributed by atoms with van der Waals surface area (Å²) in [6.07, 6.45) is 0. The summed E-state index contributed by atoms with van der Waals surface area (Å²) in [7, 11) is 0. The summed E-state index contributed by atoms with van der Waals surface area (Å²) in [5.74, 6) is 0.0981. The molecule has 3 nitrogen and oxygen atoms in total. The zero-order chi connectivity index (χ0) is 18.6. The van der Waals surface area contributed by atoms with Gasteiger partial charge in [-0.3, -0.25) is 4.90 Å². The highest BCUT2D eigenvalue weighted by Gasteiger charge is 2.43. The third-order valence-electron chi connectivity index (χ3n) is 5.67. The third kappa shape index (κ3) is 4.01. The van der Waals surface area contributed by atoms with Gasteiger partial charge in [-0.1, -0.05) is 74.0 Å². The van der Waals surface area contributed by atoms with Crippen molar-refractivity contribution in [2.75, 3.05) is 32.8 Å². The molecule has 1 aliphatic heterocycles. The lowest BCUT2D eigenvalue weighted by atomic mass is 9.70. The first-order valence-corrected chi connectivity index (χ1v) is 9.66. The Kier molecular flexibility index (Phi) is 6.13. The van der Waals surface area contributed by atoms with Gasteiger partial charge in [-0.15, -0.1) is 0 Å². The van der Waals surface area contributed by atoms with Crippen molar-refractivity contribution in [1.29, 1.82) is 0 Å². The number of ether oxygens (including phenoxy) is 1. The maximum Gasteiger partial charge on any atom is 0.0999 e. The summed E-state index contributed by atoms with van der Waals surface area (Å²) in [5, 5.41) is 12.0. The molecular weight excluding hydrogens is 322 g/mol. The highest BCUT2D eigenvalue weighted by Crippen LogP contribution is 2.43. The normalized spacial score (nSPS) is 19.3. The lowest BCUT2D eigenvalue weighted by Crippen LogP contribution is -2.47. The van der Waals surface area contributed by atoms with Crippen molar-refractivity contribution in [2.24, 2.45) is 5.92 Å². The summed E-state index contributed by atoms with van der Waals surface area (Å²) in [6.45, 7) is 10.5. The number of morpholine rings is 1. The summed E-state index contributed by atoms with van der Waals surface area (Å²) in [5.41, 5.74) is 2.48. The highest BCUT2D eigenvalue weighted by atomic mass is 16.5. The van der Waals surface area contributed by atoms with Crippen molar-refractivity contribution >= 4 is 0 Å². The first kappa shape index (κ1) is 19.1. The maximum absolute atomic E-state index is 12.0. The third-order valence-corrected chi connectivity index (χ3v) is 5.67. The topological polar surface area (TPSA) is 32.7 Å². The SMILES string of the molecule is Cc1ccc(C(O)(C(C)C)C(CN2CCOCC2)c2ccccc2)cc1. The lowest BCUT2D eigenvalue weighted by molar-refractivity contribution is -0.0547. The molecule has 1 heterocycles. The number of benzene rings is 2. The van der Waals surface area contributed by atoms with Crippen LogP contribution in [0.4, 0.5) is 0 Å². The molecule has 0 saturated carbocycles. The molecule has 0 radical (unpaired) electrons. The Hall–Kier alpha value is -1.68. The summed E-state index contributed by atoms with van der Waals surface area (Å²) in [6, 6.07) is 18.8. The van der Waals surface area contributed by atoms with Crippen LogP contribution in [0.3, 0.4) is 0 Å². The lowest BCUT2D eigenvalue weighted by Gasteiger charge is -2.43. The molecule has 3 rings (SSSR count). The molecule has 0 aromatic heterocycles. The Labute approximate surface area is 157 Å². The number of rotatable bonds is 6. The molecule has 3 heteroatoms. The maximum atomic E-state index is 12.0. The van der Waals surface area contributed by atoms with E-state index in [9.17, 15) is 5.11 Å². The van der Waals surface area contributed by atoms with E-state index < -0.39 is 5.60 Å². The number of hydrogen-bond donors (Lipinski definition) is 1. The van der Waals surface area contributed by atoms with Crippen LogP contribution in [0.25, 0.3) is 0 Å². The monoisotopic (exact) mass is 353 g/mol. The van der Waals surface area contributed by atoms with Crippen LogP contribution in [-0.2, 0) is 10.3 Å². The van der Waals surface area contributed by atoms with Gasteiger partial charge in [0.1, 0.15) is 0 Å². The molecule has 1 aliphatic rings. The van der Waals surface area contributed by atoms with Gasteiger partial charge in [-0.05, 0) is 24.0 Å². The molecule has 140 valence electrons. The van der Waals surface area contributed by atoms with Crippen LogP contribution in [0.2, 0.25) is 0 Å². The van der Waals surface area contributed by atoms with E-state index in [1.54, 1.807) is 0 Å². The molecule has 26 heavy (non-hydrogen) atoms. The van der Waals surface area contributed by atoms with Crippen LogP contribution in [0.1, 0.15) is 36.5 Å². The Morgan fingerprint density at radius 1 is 1.00 bits per heavy atom. The molecule has 2 atom stereocenters. The summed E-state index contributed by atoms with van der Waals surface area (Å²) >= 11 is 0. The Morgan fingerprint density at radius 2 is 1.62 bits per heavy atom. The van der Waals surface area contributed by atoms with Gasteiger partial charge < -0.3 is 9.84 Å². The fraction of sp³-hybridized carbons (Fsp3) is 0.478. The second-order valence-electron chi connectivity index (χ2n) is 7.72. The Balaban J connectivity index is 2.02.